The normalized spacial score (nSPS) is 9.56. The fourth-order valence-electron chi connectivity index (χ4n) is 0.525. The largest absolute Gasteiger partial charge is 0.507 e. The highest BCUT2D eigenvalue weighted by atomic mass is 35.5. The van der Waals surface area contributed by atoms with Gasteiger partial charge in [-0.05, 0) is 18.2 Å². The van der Waals surface area contributed by atoms with Crippen molar-refractivity contribution in [3.63, 3.8) is 0 Å². The number of hydrogen-bond acceptors (Lipinski definition) is 1. The van der Waals surface area contributed by atoms with Crippen LogP contribution in [0.25, 0.3) is 0 Å². The van der Waals surface area contributed by atoms with Gasteiger partial charge in [-0.2, -0.15) is 0 Å². The summed E-state index contributed by atoms with van der Waals surface area (Å²) >= 11 is 5.59. The van der Waals surface area contributed by atoms with Crippen LogP contribution in [-0.2, 0) is 0 Å². The summed E-state index contributed by atoms with van der Waals surface area (Å²) in [5, 5.41) is 10.3. The lowest BCUT2D eigenvalue weighted by Crippen LogP contribution is -1.88. The second-order valence-corrected chi connectivity index (χ2v) is 2.76. The van der Waals surface area contributed by atoms with Crippen LogP contribution in [0.3, 0.4) is 0 Å². The minimum absolute atomic E-state index is 0.254. The highest BCUT2D eigenvalue weighted by molar-refractivity contribution is 7.27. The van der Waals surface area contributed by atoms with Crippen LogP contribution in [0.15, 0.2) is 18.2 Å². The number of phenols is 1. The maximum atomic E-state index is 8.96. The first-order valence-corrected chi connectivity index (χ1v) is 3.39. The van der Waals surface area contributed by atoms with Crippen LogP contribution in [0, 0.1) is 0 Å². The van der Waals surface area contributed by atoms with Gasteiger partial charge in [0.15, 0.2) is 0 Å². The predicted molar refractivity (Wildman–Crippen MR) is 42.5 cm³/mol. The minimum Gasteiger partial charge on any atom is -0.507 e. The maximum absolute atomic E-state index is 8.96. The summed E-state index contributed by atoms with van der Waals surface area (Å²) in [4.78, 5) is 0. The molecule has 1 rings (SSSR count). The van der Waals surface area contributed by atoms with Gasteiger partial charge in [-0.25, -0.2) is 0 Å². The molecule has 0 aliphatic rings. The molecule has 0 fully saturated rings. The highest BCUT2D eigenvalue weighted by Gasteiger charge is 1.93. The Morgan fingerprint density at radius 2 is 2.11 bits per heavy atom. The lowest BCUT2D eigenvalue weighted by molar-refractivity contribution is 0.480. The zero-order valence-corrected chi connectivity index (χ0v) is 6.55. The first-order valence-electron chi connectivity index (χ1n) is 2.44. The molecule has 1 aromatic rings. The third-order valence-electron chi connectivity index (χ3n) is 0.990. The maximum Gasteiger partial charge on any atom is 0.122 e. The van der Waals surface area contributed by atoms with E-state index >= 15 is 0 Å². The average molecular weight is 161 g/mol. The zero-order valence-electron chi connectivity index (χ0n) is 4.63. The molecule has 0 saturated heterocycles. The van der Waals surface area contributed by atoms with Gasteiger partial charge in [0.2, 0.25) is 0 Å². The Kier molecular flexibility index (Phi) is 1.94. The third-order valence-corrected chi connectivity index (χ3v) is 1.69. The van der Waals surface area contributed by atoms with Gasteiger partial charge in [0.25, 0.3) is 0 Å². The molecule has 1 N–H and O–H groups in total. The second kappa shape index (κ2) is 2.55. The highest BCUT2D eigenvalue weighted by Crippen LogP contribution is 2.13. The average Bonchev–Trinajstić information content (AvgIpc) is 1.80. The molecule has 1 aromatic carbocycles. The van der Waals surface area contributed by atoms with E-state index in [4.69, 9.17) is 16.7 Å². The van der Waals surface area contributed by atoms with Crippen molar-refractivity contribution in [2.24, 2.45) is 0 Å². The Balaban J connectivity index is 3.17. The Morgan fingerprint density at radius 1 is 1.44 bits per heavy atom. The van der Waals surface area contributed by atoms with Crippen LogP contribution in [0.4, 0.5) is 0 Å². The van der Waals surface area contributed by atoms with Crippen molar-refractivity contribution >= 4 is 26.1 Å². The standard InChI is InChI=1S/C6H6ClOP/c7-4-1-2-5(8)6(9)3-4/h1-3,8H,9H2. The molecule has 0 saturated carbocycles. The summed E-state index contributed by atoms with van der Waals surface area (Å²) in [6.45, 7) is 0. The van der Waals surface area contributed by atoms with Crippen LogP contribution in [-0.4, -0.2) is 5.11 Å². The van der Waals surface area contributed by atoms with Gasteiger partial charge < -0.3 is 5.11 Å². The van der Waals surface area contributed by atoms with Crippen LogP contribution >= 0.6 is 20.8 Å². The molecule has 0 heterocycles. The van der Waals surface area contributed by atoms with Gasteiger partial charge in [-0.15, -0.1) is 9.24 Å². The Hall–Kier alpha value is -0.260. The van der Waals surface area contributed by atoms with E-state index in [1.807, 2.05) is 0 Å². The first-order chi connectivity index (χ1) is 4.20. The van der Waals surface area contributed by atoms with Gasteiger partial charge in [0, 0.05) is 10.3 Å². The minimum atomic E-state index is 0.254. The fraction of sp³-hybridized carbons (Fsp3) is 0. The molecule has 0 spiro atoms. The van der Waals surface area contributed by atoms with Crippen molar-refractivity contribution in [1.29, 1.82) is 0 Å². The van der Waals surface area contributed by atoms with E-state index in [2.05, 4.69) is 9.24 Å². The van der Waals surface area contributed by atoms with Crippen LogP contribution < -0.4 is 5.30 Å². The SMILES string of the molecule is Oc1ccc(Cl)cc1P. The van der Waals surface area contributed by atoms with E-state index in [-0.39, 0.29) is 5.75 Å². The van der Waals surface area contributed by atoms with Crippen LogP contribution in [0.2, 0.25) is 5.02 Å². The van der Waals surface area contributed by atoms with E-state index in [0.717, 1.165) is 5.30 Å². The first kappa shape index (κ1) is 6.85. The Morgan fingerprint density at radius 3 is 2.56 bits per heavy atom. The topological polar surface area (TPSA) is 20.2 Å². The number of benzene rings is 1. The molecule has 0 aliphatic carbocycles. The van der Waals surface area contributed by atoms with E-state index in [1.165, 1.54) is 0 Å². The summed E-state index contributed by atoms with van der Waals surface area (Å²) in [6, 6.07) is 4.89. The van der Waals surface area contributed by atoms with Gasteiger partial charge in [-0.1, -0.05) is 11.6 Å². The number of halogens is 1. The quantitative estimate of drug-likeness (QED) is 0.571. The van der Waals surface area contributed by atoms with Crippen LogP contribution in [0.5, 0.6) is 5.75 Å². The molecule has 1 atom stereocenters. The molecule has 9 heavy (non-hydrogen) atoms. The molecule has 0 radical (unpaired) electrons. The number of aromatic hydroxyl groups is 1. The lowest BCUT2D eigenvalue weighted by atomic mass is 10.3. The zero-order chi connectivity index (χ0) is 6.85. The van der Waals surface area contributed by atoms with Crippen molar-refractivity contribution in [2.45, 2.75) is 0 Å². The fourth-order valence-corrected chi connectivity index (χ4v) is 1.09. The Bertz CT molecular complexity index is 224. The summed E-state index contributed by atoms with van der Waals surface area (Å²) in [5.74, 6) is 0.254. The molecule has 0 amide bonds. The van der Waals surface area contributed by atoms with Crippen molar-refractivity contribution in [3.8, 4) is 5.75 Å². The summed E-state index contributed by atoms with van der Waals surface area (Å²) in [7, 11) is 2.39. The molecule has 0 bridgehead atoms. The smallest absolute Gasteiger partial charge is 0.122 e. The van der Waals surface area contributed by atoms with Crippen molar-refractivity contribution < 1.29 is 5.11 Å². The molecule has 48 valence electrons. The van der Waals surface area contributed by atoms with Gasteiger partial charge in [0.1, 0.15) is 5.75 Å². The molecule has 3 heteroatoms. The second-order valence-electron chi connectivity index (χ2n) is 1.70. The number of rotatable bonds is 0. The monoisotopic (exact) mass is 160 g/mol. The molecular weight excluding hydrogens is 154 g/mol. The van der Waals surface area contributed by atoms with Gasteiger partial charge in [0.05, 0.1) is 0 Å². The number of phenolic OH excluding ortho intramolecular Hbond substituents is 1. The lowest BCUT2D eigenvalue weighted by Gasteiger charge is -1.95. The predicted octanol–water partition coefficient (Wildman–Crippen LogP) is 1.55. The van der Waals surface area contributed by atoms with E-state index < -0.39 is 0 Å². The third kappa shape index (κ3) is 1.57. The number of hydrogen-bond donors (Lipinski definition) is 1. The molecule has 0 aromatic heterocycles. The van der Waals surface area contributed by atoms with Crippen molar-refractivity contribution in [3.05, 3.63) is 23.2 Å². The van der Waals surface area contributed by atoms with Crippen molar-refractivity contribution in [1.82, 2.24) is 0 Å². The van der Waals surface area contributed by atoms with E-state index in [1.54, 1.807) is 18.2 Å². The van der Waals surface area contributed by atoms with E-state index in [0.29, 0.717) is 5.02 Å². The molecule has 0 aliphatic heterocycles. The van der Waals surface area contributed by atoms with Crippen LogP contribution in [0.1, 0.15) is 0 Å². The molecule has 1 nitrogen and oxygen atoms in total. The Labute approximate surface area is 60.9 Å². The summed E-state index contributed by atoms with van der Waals surface area (Å²) in [6.07, 6.45) is 0. The summed E-state index contributed by atoms with van der Waals surface area (Å²) in [5.41, 5.74) is 0. The summed E-state index contributed by atoms with van der Waals surface area (Å²) < 4.78 is 0. The van der Waals surface area contributed by atoms with Gasteiger partial charge >= 0.3 is 0 Å². The molecular formula is C6H6ClOP. The van der Waals surface area contributed by atoms with E-state index in [9.17, 15) is 0 Å². The van der Waals surface area contributed by atoms with Crippen molar-refractivity contribution in [2.75, 3.05) is 0 Å². The van der Waals surface area contributed by atoms with Gasteiger partial charge in [-0.3, -0.25) is 0 Å². The molecule has 1 unspecified atom stereocenters.